The van der Waals surface area contributed by atoms with Gasteiger partial charge in [0.15, 0.2) is 0 Å². The Labute approximate surface area is 181 Å². The normalized spacial score (nSPS) is 14.0. The van der Waals surface area contributed by atoms with Crippen molar-refractivity contribution in [3.63, 3.8) is 0 Å². The van der Waals surface area contributed by atoms with E-state index in [1.807, 2.05) is 74.5 Å². The smallest absolute Gasteiger partial charge is 0.256 e. The van der Waals surface area contributed by atoms with E-state index in [0.29, 0.717) is 23.6 Å². The van der Waals surface area contributed by atoms with Gasteiger partial charge in [0.25, 0.3) is 5.91 Å². The van der Waals surface area contributed by atoms with Gasteiger partial charge in [0, 0.05) is 22.5 Å². The number of hydrogen-bond donors (Lipinski definition) is 2. The topological polar surface area (TPSA) is 74.6 Å². The first-order chi connectivity index (χ1) is 15.1. The molecule has 2 aromatic carbocycles. The molecule has 158 valence electrons. The molecule has 2 heterocycles. The Morgan fingerprint density at radius 3 is 2.68 bits per heavy atom. The second kappa shape index (κ2) is 9.02. The van der Waals surface area contributed by atoms with Crippen LogP contribution >= 0.6 is 0 Å². The minimum atomic E-state index is -0.142. The summed E-state index contributed by atoms with van der Waals surface area (Å²) < 4.78 is 5.98. The van der Waals surface area contributed by atoms with Crippen LogP contribution in [-0.2, 0) is 9.59 Å². The number of furan rings is 1. The van der Waals surface area contributed by atoms with E-state index in [9.17, 15) is 9.59 Å². The van der Waals surface area contributed by atoms with Crippen LogP contribution < -0.4 is 10.6 Å². The highest BCUT2D eigenvalue weighted by Crippen LogP contribution is 2.34. The first-order valence-corrected chi connectivity index (χ1v) is 10.4. The Bertz CT molecular complexity index is 1140. The average molecular weight is 415 g/mol. The molecule has 0 saturated carbocycles. The van der Waals surface area contributed by atoms with E-state index >= 15 is 0 Å². The van der Waals surface area contributed by atoms with E-state index in [2.05, 4.69) is 15.5 Å². The summed E-state index contributed by atoms with van der Waals surface area (Å²) in [6.07, 6.45) is 1.75. The number of fused-ring (bicyclic) bond motifs is 1. The number of likely N-dealkylation sites (N-methyl/N-ethyl adjacent to an activating group) is 1. The number of anilines is 2. The van der Waals surface area contributed by atoms with Gasteiger partial charge in [-0.2, -0.15) is 0 Å². The lowest BCUT2D eigenvalue weighted by molar-refractivity contribution is -0.117. The Balaban J connectivity index is 1.52. The molecule has 2 amide bonds. The summed E-state index contributed by atoms with van der Waals surface area (Å²) >= 11 is 0. The van der Waals surface area contributed by atoms with Crippen LogP contribution in [0.25, 0.3) is 23.0 Å². The SMILES string of the molecule is CCN(CC)CC(=O)Nc1cccc(-c2ccc(C=C3C(=O)Nc4ccccc43)o2)c1. The number of rotatable bonds is 7. The van der Waals surface area contributed by atoms with Crippen LogP contribution in [0.3, 0.4) is 0 Å². The average Bonchev–Trinajstić information content (AvgIpc) is 3.37. The van der Waals surface area contributed by atoms with Crippen molar-refractivity contribution in [2.75, 3.05) is 30.3 Å². The van der Waals surface area contributed by atoms with Crippen LogP contribution in [0, 0.1) is 0 Å². The Kier molecular flexibility index (Phi) is 6.00. The van der Waals surface area contributed by atoms with Gasteiger partial charge in [0.1, 0.15) is 11.5 Å². The molecule has 0 spiro atoms. The zero-order valence-corrected chi connectivity index (χ0v) is 17.6. The molecule has 0 aliphatic carbocycles. The van der Waals surface area contributed by atoms with E-state index in [-0.39, 0.29) is 11.8 Å². The zero-order chi connectivity index (χ0) is 21.8. The Morgan fingerprint density at radius 2 is 1.87 bits per heavy atom. The zero-order valence-electron chi connectivity index (χ0n) is 17.6. The number of nitrogens with one attached hydrogen (secondary N) is 2. The Morgan fingerprint density at radius 1 is 1.06 bits per heavy atom. The van der Waals surface area contributed by atoms with Crippen LogP contribution in [0.1, 0.15) is 25.2 Å². The van der Waals surface area contributed by atoms with Crippen molar-refractivity contribution >= 4 is 34.8 Å². The van der Waals surface area contributed by atoms with Gasteiger partial charge in [0.05, 0.1) is 12.1 Å². The maximum atomic E-state index is 12.3. The third kappa shape index (κ3) is 4.59. The fourth-order valence-electron chi connectivity index (χ4n) is 3.61. The van der Waals surface area contributed by atoms with Gasteiger partial charge in [-0.1, -0.05) is 44.2 Å². The third-order valence-electron chi connectivity index (χ3n) is 5.32. The van der Waals surface area contributed by atoms with Gasteiger partial charge < -0.3 is 15.1 Å². The van der Waals surface area contributed by atoms with E-state index in [1.165, 1.54) is 0 Å². The largest absolute Gasteiger partial charge is 0.457 e. The van der Waals surface area contributed by atoms with Crippen molar-refractivity contribution in [1.29, 1.82) is 0 Å². The summed E-state index contributed by atoms with van der Waals surface area (Å²) in [5.74, 6) is 1.07. The van der Waals surface area contributed by atoms with Crippen molar-refractivity contribution in [2.24, 2.45) is 0 Å². The van der Waals surface area contributed by atoms with Crippen LogP contribution in [0.2, 0.25) is 0 Å². The summed E-state index contributed by atoms with van der Waals surface area (Å²) in [6, 6.07) is 18.8. The standard InChI is InChI=1S/C25H25N3O3/c1-3-28(4-2)16-24(29)26-18-9-7-8-17(14-18)23-13-12-19(31-23)15-21-20-10-5-6-11-22(20)27-25(21)30/h5-15H,3-4,16H2,1-2H3,(H,26,29)(H,27,30). The first-order valence-electron chi connectivity index (χ1n) is 10.4. The van der Waals surface area contributed by atoms with E-state index in [4.69, 9.17) is 4.42 Å². The van der Waals surface area contributed by atoms with Gasteiger partial charge in [-0.25, -0.2) is 0 Å². The Hall–Kier alpha value is -3.64. The van der Waals surface area contributed by atoms with Crippen LogP contribution in [-0.4, -0.2) is 36.3 Å². The molecule has 1 aliphatic heterocycles. The maximum Gasteiger partial charge on any atom is 0.256 e. The lowest BCUT2D eigenvalue weighted by Gasteiger charge is -2.17. The molecule has 3 aromatic rings. The van der Waals surface area contributed by atoms with Crippen LogP contribution in [0.5, 0.6) is 0 Å². The number of carbonyl (C=O) groups excluding carboxylic acids is 2. The molecule has 0 bridgehead atoms. The number of para-hydroxylation sites is 1. The lowest BCUT2D eigenvalue weighted by atomic mass is 10.1. The summed E-state index contributed by atoms with van der Waals surface area (Å²) in [6.45, 7) is 6.09. The van der Waals surface area contributed by atoms with Crippen LogP contribution in [0.15, 0.2) is 65.1 Å². The monoisotopic (exact) mass is 415 g/mol. The van der Waals surface area contributed by atoms with Crippen molar-refractivity contribution in [1.82, 2.24) is 4.90 Å². The molecule has 4 rings (SSSR count). The molecule has 6 nitrogen and oxygen atoms in total. The molecule has 2 N–H and O–H groups in total. The second-order valence-electron chi connectivity index (χ2n) is 7.35. The number of nitrogens with zero attached hydrogens (tertiary/aromatic N) is 1. The van der Waals surface area contributed by atoms with Gasteiger partial charge in [-0.15, -0.1) is 0 Å². The summed E-state index contributed by atoms with van der Waals surface area (Å²) in [7, 11) is 0. The molecule has 0 unspecified atom stereocenters. The van der Waals surface area contributed by atoms with Gasteiger partial charge in [-0.05, 0) is 49.5 Å². The first kappa shape index (κ1) is 20.6. The minimum absolute atomic E-state index is 0.0448. The van der Waals surface area contributed by atoms with Crippen molar-refractivity contribution in [2.45, 2.75) is 13.8 Å². The number of hydrogen-bond acceptors (Lipinski definition) is 4. The molecule has 0 radical (unpaired) electrons. The van der Waals surface area contributed by atoms with Crippen molar-refractivity contribution < 1.29 is 14.0 Å². The summed E-state index contributed by atoms with van der Waals surface area (Å²) in [5.41, 5.74) is 3.81. The van der Waals surface area contributed by atoms with Crippen molar-refractivity contribution in [3.05, 3.63) is 72.0 Å². The minimum Gasteiger partial charge on any atom is -0.457 e. The molecular formula is C25H25N3O3. The molecule has 0 fully saturated rings. The van der Waals surface area contributed by atoms with E-state index in [1.54, 1.807) is 6.08 Å². The molecule has 0 atom stereocenters. The molecule has 1 aromatic heterocycles. The predicted octanol–water partition coefficient (Wildman–Crippen LogP) is 4.72. The molecular weight excluding hydrogens is 390 g/mol. The molecule has 31 heavy (non-hydrogen) atoms. The summed E-state index contributed by atoms with van der Waals surface area (Å²) in [4.78, 5) is 26.7. The maximum absolute atomic E-state index is 12.3. The highest BCUT2D eigenvalue weighted by Gasteiger charge is 2.23. The van der Waals surface area contributed by atoms with Gasteiger partial charge >= 0.3 is 0 Å². The molecule has 1 aliphatic rings. The fourth-order valence-corrected chi connectivity index (χ4v) is 3.61. The van der Waals surface area contributed by atoms with E-state index < -0.39 is 0 Å². The van der Waals surface area contributed by atoms with Gasteiger partial charge in [-0.3, -0.25) is 14.5 Å². The summed E-state index contributed by atoms with van der Waals surface area (Å²) in [5, 5.41) is 5.81. The number of benzene rings is 2. The lowest BCUT2D eigenvalue weighted by Crippen LogP contribution is -2.32. The number of amides is 2. The highest BCUT2D eigenvalue weighted by molar-refractivity contribution is 6.34. The molecule has 6 heteroatoms. The second-order valence-corrected chi connectivity index (χ2v) is 7.35. The third-order valence-corrected chi connectivity index (χ3v) is 5.32. The fraction of sp³-hybridized carbons (Fsp3) is 0.200. The van der Waals surface area contributed by atoms with Crippen molar-refractivity contribution in [3.8, 4) is 11.3 Å². The predicted molar refractivity (Wildman–Crippen MR) is 124 cm³/mol. The van der Waals surface area contributed by atoms with E-state index in [0.717, 1.165) is 35.6 Å². The number of carbonyl (C=O) groups is 2. The quantitative estimate of drug-likeness (QED) is 0.548. The van der Waals surface area contributed by atoms with Gasteiger partial charge in [0.2, 0.25) is 5.91 Å². The molecule has 0 saturated heterocycles. The highest BCUT2D eigenvalue weighted by atomic mass is 16.3. The van der Waals surface area contributed by atoms with Crippen LogP contribution in [0.4, 0.5) is 11.4 Å².